The molecule has 0 aromatic carbocycles. The van der Waals surface area contributed by atoms with Gasteiger partial charge in [-0.15, -0.1) is 13.2 Å². The van der Waals surface area contributed by atoms with E-state index in [1.807, 2.05) is 0 Å². The van der Waals surface area contributed by atoms with Crippen LogP contribution in [0.25, 0.3) is 11.2 Å². The van der Waals surface area contributed by atoms with Crippen LogP contribution in [0, 0.1) is 6.92 Å². The van der Waals surface area contributed by atoms with Crippen LogP contribution in [0.5, 0.6) is 0 Å². The number of aliphatic hydroxyl groups is 2. The second-order valence-electron chi connectivity index (χ2n) is 8.64. The standard InChI is InChI=1S/C20H33N4O4PS/c1-6-7-8-11-30-20-23-14-17(21-12(2)22-18(14)27)24(20)19-16(26)15(25)13(28-19)9-10-29(3,4)5/h13,15-16,19,25-26H,3,6-11H2,1-2,4-5H3,(H,21,22,27)/t13?,15-,16-,19-/m1/s1. The zero-order valence-corrected chi connectivity index (χ0v) is 19.9. The summed E-state index contributed by atoms with van der Waals surface area (Å²) in [6.45, 7) is 6.84. The summed E-state index contributed by atoms with van der Waals surface area (Å²) in [6, 6.07) is 0. The van der Waals surface area contributed by atoms with E-state index >= 15 is 0 Å². The number of rotatable bonds is 9. The van der Waals surface area contributed by atoms with Gasteiger partial charge in [0.2, 0.25) is 0 Å². The van der Waals surface area contributed by atoms with Crippen molar-refractivity contribution in [2.75, 3.05) is 25.2 Å². The molecule has 1 fully saturated rings. The molecule has 0 radical (unpaired) electrons. The number of fused-ring (bicyclic) bond motifs is 1. The lowest BCUT2D eigenvalue weighted by molar-refractivity contribution is -0.0400. The Hall–Kier alpha value is -1.12. The zero-order chi connectivity index (χ0) is 22.1. The number of aromatic amines is 1. The maximum absolute atomic E-state index is 12.4. The fourth-order valence-corrected chi connectivity index (χ4v) is 5.55. The molecular weight excluding hydrogens is 423 g/mol. The lowest BCUT2D eigenvalue weighted by atomic mass is 10.1. The van der Waals surface area contributed by atoms with Crippen LogP contribution in [0.1, 0.15) is 44.7 Å². The average molecular weight is 457 g/mol. The number of hydrogen-bond donors (Lipinski definition) is 3. The Morgan fingerprint density at radius 2 is 2.00 bits per heavy atom. The second kappa shape index (κ2) is 9.57. The number of aliphatic hydroxyl groups excluding tert-OH is 2. The highest BCUT2D eigenvalue weighted by molar-refractivity contribution is 7.99. The van der Waals surface area contributed by atoms with Crippen LogP contribution in [0.15, 0.2) is 9.95 Å². The Bertz CT molecular complexity index is 985. The van der Waals surface area contributed by atoms with Crippen LogP contribution in [0.3, 0.4) is 0 Å². The predicted octanol–water partition coefficient (Wildman–Crippen LogP) is 2.43. The van der Waals surface area contributed by atoms with Crippen molar-refractivity contribution in [3.05, 3.63) is 16.2 Å². The molecule has 30 heavy (non-hydrogen) atoms. The monoisotopic (exact) mass is 456 g/mol. The molecule has 0 saturated carbocycles. The highest BCUT2D eigenvalue weighted by atomic mass is 32.2. The lowest BCUT2D eigenvalue weighted by Gasteiger charge is -2.20. The van der Waals surface area contributed by atoms with Gasteiger partial charge in [-0.25, -0.2) is 9.97 Å². The maximum atomic E-state index is 12.4. The Balaban J connectivity index is 1.96. The van der Waals surface area contributed by atoms with Gasteiger partial charge in [0.15, 0.2) is 22.5 Å². The molecule has 10 heteroatoms. The van der Waals surface area contributed by atoms with E-state index < -0.39 is 31.4 Å². The van der Waals surface area contributed by atoms with Crippen molar-refractivity contribution in [3.8, 4) is 0 Å². The van der Waals surface area contributed by atoms with Gasteiger partial charge in [-0.3, -0.25) is 9.36 Å². The Morgan fingerprint density at radius 3 is 2.67 bits per heavy atom. The van der Waals surface area contributed by atoms with Gasteiger partial charge in [0, 0.05) is 5.75 Å². The molecule has 3 N–H and O–H groups in total. The molecule has 4 atom stereocenters. The highest BCUT2D eigenvalue weighted by Gasteiger charge is 2.45. The molecule has 0 amide bonds. The zero-order valence-electron chi connectivity index (χ0n) is 18.2. The predicted molar refractivity (Wildman–Crippen MR) is 124 cm³/mol. The first-order valence-corrected chi connectivity index (χ1v) is 14.5. The Labute approximate surface area is 181 Å². The quantitative estimate of drug-likeness (QED) is 0.302. The third-order valence-corrected chi connectivity index (χ3v) is 7.73. The van der Waals surface area contributed by atoms with Crippen molar-refractivity contribution in [1.82, 2.24) is 19.5 Å². The number of unbranched alkanes of at least 4 members (excludes halogenated alkanes) is 2. The molecule has 0 spiro atoms. The Morgan fingerprint density at radius 1 is 1.27 bits per heavy atom. The highest BCUT2D eigenvalue weighted by Crippen LogP contribution is 2.41. The van der Waals surface area contributed by atoms with Gasteiger partial charge < -0.3 is 19.9 Å². The first-order chi connectivity index (χ1) is 14.1. The van der Waals surface area contributed by atoms with Crippen LogP contribution in [0.2, 0.25) is 0 Å². The van der Waals surface area contributed by atoms with E-state index in [2.05, 4.69) is 41.5 Å². The number of nitrogens with zero attached hydrogens (tertiary/aromatic N) is 3. The number of ether oxygens (including phenoxy) is 1. The minimum atomic E-state index is -1.28. The van der Waals surface area contributed by atoms with Crippen molar-refractivity contribution >= 4 is 36.1 Å². The first kappa shape index (κ1) is 23.5. The third-order valence-electron chi connectivity index (χ3n) is 5.23. The van der Waals surface area contributed by atoms with Gasteiger partial charge in [0.05, 0.1) is 6.10 Å². The van der Waals surface area contributed by atoms with Gasteiger partial charge in [-0.1, -0.05) is 31.5 Å². The normalized spacial score (nSPS) is 24.7. The van der Waals surface area contributed by atoms with Gasteiger partial charge in [0.1, 0.15) is 18.0 Å². The molecule has 1 aliphatic rings. The molecule has 0 aliphatic carbocycles. The molecule has 1 saturated heterocycles. The molecular formula is C20H33N4O4PS. The molecule has 168 valence electrons. The van der Waals surface area contributed by atoms with E-state index in [0.717, 1.165) is 31.2 Å². The lowest BCUT2D eigenvalue weighted by Crippen LogP contribution is -2.32. The van der Waals surface area contributed by atoms with Crippen LogP contribution in [-0.4, -0.2) is 79.6 Å². The van der Waals surface area contributed by atoms with E-state index in [9.17, 15) is 15.0 Å². The molecule has 0 bridgehead atoms. The van der Waals surface area contributed by atoms with Crippen LogP contribution < -0.4 is 5.56 Å². The average Bonchev–Trinajstić information content (AvgIpc) is 3.15. The number of thioether (sulfide) groups is 1. The molecule has 2 aromatic rings. The number of imidazole rings is 1. The van der Waals surface area contributed by atoms with Crippen molar-refractivity contribution in [2.24, 2.45) is 0 Å². The van der Waals surface area contributed by atoms with Crippen molar-refractivity contribution in [3.63, 3.8) is 0 Å². The molecule has 2 aromatic heterocycles. The maximum Gasteiger partial charge on any atom is 0.279 e. The summed E-state index contributed by atoms with van der Waals surface area (Å²) in [5, 5.41) is 22.0. The smallest absolute Gasteiger partial charge is 0.279 e. The third kappa shape index (κ3) is 5.19. The van der Waals surface area contributed by atoms with Gasteiger partial charge >= 0.3 is 0 Å². The van der Waals surface area contributed by atoms with E-state index in [1.165, 1.54) is 11.8 Å². The number of aryl methyl sites for hydroxylation is 1. The molecule has 3 heterocycles. The van der Waals surface area contributed by atoms with Gasteiger partial charge in [-0.05, 0) is 39.3 Å². The summed E-state index contributed by atoms with van der Waals surface area (Å²) < 4.78 is 7.82. The summed E-state index contributed by atoms with van der Waals surface area (Å²) in [4.78, 5) is 24.1. The minimum Gasteiger partial charge on any atom is -0.388 e. The topological polar surface area (TPSA) is 113 Å². The SMILES string of the molecule is C=P(C)(C)CCC1O[C@@H](n2c(SCCCCC)nc3c(=O)[nH]c(C)nc32)[C@H](O)[C@@H]1O. The van der Waals surface area contributed by atoms with Crippen molar-refractivity contribution in [1.29, 1.82) is 0 Å². The van der Waals surface area contributed by atoms with Gasteiger partial charge in [0.25, 0.3) is 5.56 Å². The van der Waals surface area contributed by atoms with E-state index in [1.54, 1.807) is 11.5 Å². The number of nitrogens with one attached hydrogen (secondary N) is 1. The van der Waals surface area contributed by atoms with Crippen LogP contribution >= 0.6 is 18.6 Å². The Kier molecular flexibility index (Phi) is 7.51. The molecule has 1 unspecified atom stereocenters. The van der Waals surface area contributed by atoms with Crippen molar-refractivity contribution in [2.45, 2.75) is 69.2 Å². The fraction of sp³-hybridized carbons (Fsp3) is 0.700. The summed E-state index contributed by atoms with van der Waals surface area (Å²) >= 11 is 1.52. The van der Waals surface area contributed by atoms with E-state index in [0.29, 0.717) is 23.0 Å². The summed E-state index contributed by atoms with van der Waals surface area (Å²) in [7, 11) is 0. The van der Waals surface area contributed by atoms with Crippen LogP contribution in [-0.2, 0) is 4.74 Å². The number of hydrogen-bond acceptors (Lipinski definition) is 7. The van der Waals surface area contributed by atoms with Crippen molar-refractivity contribution < 1.29 is 14.9 Å². The van der Waals surface area contributed by atoms with Gasteiger partial charge in [-0.2, -0.15) is 0 Å². The summed E-state index contributed by atoms with van der Waals surface area (Å²) in [6.07, 6.45) is 5.45. The van der Waals surface area contributed by atoms with Crippen LogP contribution in [0.4, 0.5) is 0 Å². The largest absolute Gasteiger partial charge is 0.388 e. The first-order valence-electron chi connectivity index (χ1n) is 10.4. The summed E-state index contributed by atoms with van der Waals surface area (Å²) in [5.41, 5.74) is 0.271. The number of aromatic nitrogens is 4. The molecule has 1 aliphatic heterocycles. The molecule has 3 rings (SSSR count). The summed E-state index contributed by atoms with van der Waals surface area (Å²) in [5.74, 6) is 1.30. The molecule has 8 nitrogen and oxygen atoms in total. The van der Waals surface area contributed by atoms with E-state index in [4.69, 9.17) is 4.74 Å². The van der Waals surface area contributed by atoms with E-state index in [-0.39, 0.29) is 11.1 Å². The fourth-order valence-electron chi connectivity index (χ4n) is 3.58. The number of H-pyrrole nitrogens is 1. The second-order valence-corrected chi connectivity index (χ2v) is 14.0. The minimum absolute atomic E-state index is 0.220.